The van der Waals surface area contributed by atoms with Crippen LogP contribution < -0.4 is 15.6 Å². The van der Waals surface area contributed by atoms with E-state index >= 15 is 0 Å². The Morgan fingerprint density at radius 3 is 2.28 bits per heavy atom. The van der Waals surface area contributed by atoms with Crippen molar-refractivity contribution in [2.24, 2.45) is 5.92 Å². The molecule has 0 aliphatic heterocycles. The SMILES string of the molecule is CC(C)CC(=O)NNC(=O)COc1ccccc1Cc1ccccc1. The molecule has 2 aromatic carbocycles. The molecule has 2 aromatic rings. The zero-order valence-corrected chi connectivity index (χ0v) is 14.6. The van der Waals surface area contributed by atoms with Crippen molar-refractivity contribution in [3.8, 4) is 5.75 Å². The highest BCUT2D eigenvalue weighted by atomic mass is 16.5. The molecule has 0 aliphatic rings. The fraction of sp³-hybridized carbons (Fsp3) is 0.300. The van der Waals surface area contributed by atoms with Crippen molar-refractivity contribution in [3.63, 3.8) is 0 Å². The van der Waals surface area contributed by atoms with Crippen LogP contribution in [-0.4, -0.2) is 18.4 Å². The summed E-state index contributed by atoms with van der Waals surface area (Å²) < 4.78 is 5.62. The number of carbonyl (C=O) groups excluding carboxylic acids is 2. The number of para-hydroxylation sites is 1. The van der Waals surface area contributed by atoms with Crippen LogP contribution in [0.25, 0.3) is 0 Å². The molecular formula is C20H24N2O3. The molecule has 25 heavy (non-hydrogen) atoms. The Bertz CT molecular complexity index is 699. The van der Waals surface area contributed by atoms with Crippen LogP contribution in [0.15, 0.2) is 54.6 Å². The van der Waals surface area contributed by atoms with Crippen molar-refractivity contribution in [1.29, 1.82) is 0 Å². The highest BCUT2D eigenvalue weighted by Gasteiger charge is 2.09. The Morgan fingerprint density at radius 1 is 0.920 bits per heavy atom. The molecule has 2 amide bonds. The predicted octanol–water partition coefficient (Wildman–Crippen LogP) is 2.85. The Morgan fingerprint density at radius 2 is 1.56 bits per heavy atom. The molecule has 0 radical (unpaired) electrons. The average Bonchev–Trinajstić information content (AvgIpc) is 2.59. The fourth-order valence-corrected chi connectivity index (χ4v) is 2.35. The molecule has 0 saturated heterocycles. The standard InChI is InChI=1S/C20H24N2O3/c1-15(2)12-19(23)21-22-20(24)14-25-18-11-7-6-10-17(18)13-16-8-4-3-5-9-16/h3-11,15H,12-14H2,1-2H3,(H,21,23)(H,22,24). The normalized spacial score (nSPS) is 10.4. The minimum absolute atomic E-state index is 0.159. The minimum Gasteiger partial charge on any atom is -0.483 e. The summed E-state index contributed by atoms with van der Waals surface area (Å²) in [7, 11) is 0. The average molecular weight is 340 g/mol. The Kier molecular flexibility index (Phi) is 7.01. The van der Waals surface area contributed by atoms with Gasteiger partial charge in [0.1, 0.15) is 5.75 Å². The van der Waals surface area contributed by atoms with E-state index < -0.39 is 5.91 Å². The molecule has 2 N–H and O–H groups in total. The molecule has 0 heterocycles. The number of amides is 2. The van der Waals surface area contributed by atoms with Crippen molar-refractivity contribution in [3.05, 3.63) is 65.7 Å². The van der Waals surface area contributed by atoms with Crippen LogP contribution in [0.2, 0.25) is 0 Å². The smallest absolute Gasteiger partial charge is 0.276 e. The Balaban J connectivity index is 1.86. The summed E-state index contributed by atoms with van der Waals surface area (Å²) in [6.07, 6.45) is 1.09. The summed E-state index contributed by atoms with van der Waals surface area (Å²) in [4.78, 5) is 23.3. The van der Waals surface area contributed by atoms with Gasteiger partial charge in [-0.25, -0.2) is 0 Å². The molecule has 0 spiro atoms. The zero-order chi connectivity index (χ0) is 18.1. The summed E-state index contributed by atoms with van der Waals surface area (Å²) >= 11 is 0. The molecule has 0 saturated carbocycles. The van der Waals surface area contributed by atoms with E-state index in [4.69, 9.17) is 4.74 Å². The number of nitrogens with one attached hydrogen (secondary N) is 2. The summed E-state index contributed by atoms with van der Waals surface area (Å²) in [6, 6.07) is 17.7. The third kappa shape index (κ3) is 6.67. The van der Waals surface area contributed by atoms with Gasteiger partial charge in [0.2, 0.25) is 5.91 Å². The van der Waals surface area contributed by atoms with E-state index in [2.05, 4.69) is 10.9 Å². The molecule has 5 nitrogen and oxygen atoms in total. The minimum atomic E-state index is -0.397. The second-order valence-corrected chi connectivity index (χ2v) is 6.25. The molecule has 2 rings (SSSR count). The van der Waals surface area contributed by atoms with Crippen LogP contribution >= 0.6 is 0 Å². The van der Waals surface area contributed by atoms with E-state index in [1.165, 1.54) is 5.56 Å². The maximum absolute atomic E-state index is 11.8. The second kappa shape index (κ2) is 9.47. The van der Waals surface area contributed by atoms with Gasteiger partial charge in [-0.3, -0.25) is 20.4 Å². The predicted molar refractivity (Wildman–Crippen MR) is 96.9 cm³/mol. The summed E-state index contributed by atoms with van der Waals surface area (Å²) in [6.45, 7) is 3.72. The largest absolute Gasteiger partial charge is 0.483 e. The first-order valence-electron chi connectivity index (χ1n) is 8.37. The van der Waals surface area contributed by atoms with Crippen LogP contribution in [-0.2, 0) is 16.0 Å². The van der Waals surface area contributed by atoms with Crippen LogP contribution in [0.5, 0.6) is 5.75 Å². The van der Waals surface area contributed by atoms with Crippen molar-refractivity contribution in [2.45, 2.75) is 26.7 Å². The highest BCUT2D eigenvalue weighted by molar-refractivity contribution is 5.82. The van der Waals surface area contributed by atoms with Crippen molar-refractivity contribution in [1.82, 2.24) is 10.9 Å². The lowest BCUT2D eigenvalue weighted by Gasteiger charge is -2.12. The van der Waals surface area contributed by atoms with E-state index in [1.54, 1.807) is 0 Å². The molecule has 132 valence electrons. The molecule has 0 aromatic heterocycles. The van der Waals surface area contributed by atoms with Gasteiger partial charge < -0.3 is 4.74 Å². The lowest BCUT2D eigenvalue weighted by molar-refractivity contribution is -0.130. The molecule has 0 aliphatic carbocycles. The maximum Gasteiger partial charge on any atom is 0.276 e. The van der Waals surface area contributed by atoms with E-state index in [-0.39, 0.29) is 18.4 Å². The van der Waals surface area contributed by atoms with E-state index in [9.17, 15) is 9.59 Å². The maximum atomic E-state index is 11.8. The molecule has 5 heteroatoms. The first-order chi connectivity index (χ1) is 12.0. The summed E-state index contributed by atoms with van der Waals surface area (Å²) in [5, 5.41) is 0. The molecular weight excluding hydrogens is 316 g/mol. The van der Waals surface area contributed by atoms with E-state index in [0.717, 1.165) is 12.0 Å². The van der Waals surface area contributed by atoms with E-state index in [1.807, 2.05) is 68.4 Å². The second-order valence-electron chi connectivity index (χ2n) is 6.25. The first-order valence-corrected chi connectivity index (χ1v) is 8.37. The topological polar surface area (TPSA) is 67.4 Å². The molecule has 0 bridgehead atoms. The van der Waals surface area contributed by atoms with Gasteiger partial charge in [-0.1, -0.05) is 62.4 Å². The number of rotatable bonds is 7. The number of hydrogen-bond acceptors (Lipinski definition) is 3. The number of hydrazine groups is 1. The van der Waals surface area contributed by atoms with Gasteiger partial charge >= 0.3 is 0 Å². The molecule has 0 unspecified atom stereocenters. The molecule has 0 atom stereocenters. The number of benzene rings is 2. The van der Waals surface area contributed by atoms with Gasteiger partial charge in [0.15, 0.2) is 6.61 Å². The fourth-order valence-electron chi connectivity index (χ4n) is 2.35. The Hall–Kier alpha value is -2.82. The highest BCUT2D eigenvalue weighted by Crippen LogP contribution is 2.21. The van der Waals surface area contributed by atoms with Crippen LogP contribution in [0, 0.1) is 5.92 Å². The lowest BCUT2D eigenvalue weighted by Crippen LogP contribution is -2.44. The summed E-state index contributed by atoms with van der Waals surface area (Å²) in [5.41, 5.74) is 6.93. The van der Waals surface area contributed by atoms with Crippen molar-refractivity contribution < 1.29 is 14.3 Å². The zero-order valence-electron chi connectivity index (χ0n) is 14.6. The monoisotopic (exact) mass is 340 g/mol. The van der Waals surface area contributed by atoms with Crippen LogP contribution in [0.3, 0.4) is 0 Å². The van der Waals surface area contributed by atoms with Gasteiger partial charge in [0.05, 0.1) is 0 Å². The summed E-state index contributed by atoms with van der Waals surface area (Å²) in [5.74, 6) is 0.285. The van der Waals surface area contributed by atoms with E-state index in [0.29, 0.717) is 12.2 Å². The van der Waals surface area contributed by atoms with Gasteiger partial charge in [-0.2, -0.15) is 0 Å². The number of hydrogen-bond donors (Lipinski definition) is 2. The van der Waals surface area contributed by atoms with Gasteiger partial charge in [-0.05, 0) is 23.1 Å². The lowest BCUT2D eigenvalue weighted by atomic mass is 10.0. The van der Waals surface area contributed by atoms with Gasteiger partial charge in [0.25, 0.3) is 5.91 Å². The number of carbonyl (C=O) groups is 2. The third-order valence-electron chi connectivity index (χ3n) is 3.50. The van der Waals surface area contributed by atoms with Crippen LogP contribution in [0.1, 0.15) is 31.4 Å². The van der Waals surface area contributed by atoms with Gasteiger partial charge in [-0.15, -0.1) is 0 Å². The van der Waals surface area contributed by atoms with Gasteiger partial charge in [0, 0.05) is 12.8 Å². The Labute approximate surface area is 148 Å². The first kappa shape index (κ1) is 18.5. The third-order valence-corrected chi connectivity index (χ3v) is 3.50. The number of ether oxygens (including phenoxy) is 1. The van der Waals surface area contributed by atoms with Crippen molar-refractivity contribution in [2.75, 3.05) is 6.61 Å². The quantitative estimate of drug-likeness (QED) is 0.762. The van der Waals surface area contributed by atoms with Crippen molar-refractivity contribution >= 4 is 11.8 Å². The van der Waals surface area contributed by atoms with Crippen LogP contribution in [0.4, 0.5) is 0 Å². The molecule has 0 fully saturated rings.